The Labute approximate surface area is 174 Å². The Kier molecular flexibility index (Phi) is 6.37. The van der Waals surface area contributed by atoms with Gasteiger partial charge in [-0.3, -0.25) is 14.9 Å². The van der Waals surface area contributed by atoms with Gasteiger partial charge >= 0.3 is 0 Å². The van der Waals surface area contributed by atoms with Gasteiger partial charge in [0.25, 0.3) is 5.69 Å². The third kappa shape index (κ3) is 4.60. The van der Waals surface area contributed by atoms with Gasteiger partial charge in [-0.25, -0.2) is 8.42 Å². The number of piperidine rings is 1. The predicted molar refractivity (Wildman–Crippen MR) is 111 cm³/mol. The molecule has 0 aliphatic carbocycles. The maximum absolute atomic E-state index is 12.9. The first kappa shape index (κ1) is 21.7. The van der Waals surface area contributed by atoms with E-state index in [9.17, 15) is 23.3 Å². The van der Waals surface area contributed by atoms with Crippen molar-refractivity contribution in [1.82, 2.24) is 4.31 Å². The average molecular weight is 433 g/mol. The van der Waals surface area contributed by atoms with E-state index in [0.29, 0.717) is 19.4 Å². The molecule has 0 saturated carbocycles. The Morgan fingerprint density at radius 1 is 1.23 bits per heavy atom. The van der Waals surface area contributed by atoms with Gasteiger partial charge in [0, 0.05) is 25.2 Å². The Balaban J connectivity index is 1.77. The molecule has 1 heterocycles. The molecular weight excluding hydrogens is 410 g/mol. The van der Waals surface area contributed by atoms with Crippen molar-refractivity contribution in [1.29, 1.82) is 0 Å². The fraction of sp³-hybridized carbons (Fsp3) is 0.350. The summed E-state index contributed by atoms with van der Waals surface area (Å²) in [5.74, 6) is -0.700. The van der Waals surface area contributed by atoms with Crippen molar-refractivity contribution in [2.24, 2.45) is 5.92 Å². The lowest BCUT2D eigenvalue weighted by molar-refractivity contribution is -0.384. The highest BCUT2D eigenvalue weighted by atomic mass is 32.2. The number of carbonyl (C=O) groups excluding carboxylic acids is 1. The van der Waals surface area contributed by atoms with Crippen LogP contribution < -0.4 is 10.1 Å². The lowest BCUT2D eigenvalue weighted by atomic mass is 9.98. The molecule has 0 aromatic heterocycles. The second kappa shape index (κ2) is 8.80. The van der Waals surface area contributed by atoms with Crippen molar-refractivity contribution in [2.75, 3.05) is 25.5 Å². The van der Waals surface area contributed by atoms with Crippen molar-refractivity contribution in [3.63, 3.8) is 0 Å². The molecule has 160 valence electrons. The fourth-order valence-corrected chi connectivity index (χ4v) is 4.90. The van der Waals surface area contributed by atoms with Crippen LogP contribution in [0.15, 0.2) is 47.4 Å². The SMILES string of the molecule is COc1ccc([N+](=O)[O-])cc1NC(=O)[C@H]1CCCN(S(=O)(=O)c2ccc(C)cc2)C1. The number of nitro groups is 1. The Bertz CT molecular complexity index is 1050. The maximum Gasteiger partial charge on any atom is 0.271 e. The Morgan fingerprint density at radius 3 is 2.57 bits per heavy atom. The average Bonchev–Trinajstić information content (AvgIpc) is 2.74. The van der Waals surface area contributed by atoms with Crippen LogP contribution in [0.25, 0.3) is 0 Å². The van der Waals surface area contributed by atoms with E-state index in [0.717, 1.165) is 5.56 Å². The number of nitrogens with one attached hydrogen (secondary N) is 1. The number of hydrogen-bond acceptors (Lipinski definition) is 6. The number of amides is 1. The minimum Gasteiger partial charge on any atom is -0.495 e. The molecule has 9 nitrogen and oxygen atoms in total. The lowest BCUT2D eigenvalue weighted by Gasteiger charge is -2.31. The summed E-state index contributed by atoms with van der Waals surface area (Å²) >= 11 is 0. The van der Waals surface area contributed by atoms with Crippen LogP contribution in [-0.4, -0.2) is 43.8 Å². The number of carbonyl (C=O) groups is 1. The number of rotatable bonds is 6. The van der Waals surface area contributed by atoms with E-state index in [1.807, 2.05) is 6.92 Å². The van der Waals surface area contributed by atoms with Crippen molar-refractivity contribution < 1.29 is 22.9 Å². The molecule has 0 spiro atoms. The quantitative estimate of drug-likeness (QED) is 0.553. The highest BCUT2D eigenvalue weighted by Gasteiger charge is 2.33. The topological polar surface area (TPSA) is 119 Å². The Morgan fingerprint density at radius 2 is 1.93 bits per heavy atom. The number of anilines is 1. The highest BCUT2D eigenvalue weighted by Crippen LogP contribution is 2.31. The van der Waals surface area contributed by atoms with Crippen LogP contribution in [0, 0.1) is 23.0 Å². The molecule has 0 radical (unpaired) electrons. The normalized spacial score (nSPS) is 17.3. The highest BCUT2D eigenvalue weighted by molar-refractivity contribution is 7.89. The third-order valence-electron chi connectivity index (χ3n) is 5.07. The standard InChI is InChI=1S/C20H23N3O6S/c1-14-5-8-17(9-6-14)30(27,28)22-11-3-4-15(13-22)20(24)21-18-12-16(23(25)26)7-10-19(18)29-2/h5-10,12,15H,3-4,11,13H2,1-2H3,(H,21,24)/t15-/m0/s1. The van der Waals surface area contributed by atoms with E-state index >= 15 is 0 Å². The van der Waals surface area contributed by atoms with Gasteiger partial charge in [-0.1, -0.05) is 17.7 Å². The van der Waals surface area contributed by atoms with Crippen molar-refractivity contribution in [3.8, 4) is 5.75 Å². The van der Waals surface area contributed by atoms with Crippen LogP contribution >= 0.6 is 0 Å². The monoisotopic (exact) mass is 433 g/mol. The number of nitrogens with zero attached hydrogens (tertiary/aromatic N) is 2. The summed E-state index contributed by atoms with van der Waals surface area (Å²) in [4.78, 5) is 23.5. The van der Waals surface area contributed by atoms with Gasteiger partial charge in [0.05, 0.1) is 28.5 Å². The van der Waals surface area contributed by atoms with Crippen LogP contribution in [0.2, 0.25) is 0 Å². The number of sulfonamides is 1. The van der Waals surface area contributed by atoms with Crippen LogP contribution in [0.4, 0.5) is 11.4 Å². The van der Waals surface area contributed by atoms with Gasteiger partial charge in [0.1, 0.15) is 5.75 Å². The first-order valence-corrected chi connectivity index (χ1v) is 10.9. The van der Waals surface area contributed by atoms with Crippen LogP contribution in [0.5, 0.6) is 5.75 Å². The number of nitro benzene ring substituents is 1. The minimum absolute atomic E-state index is 0.0410. The van der Waals surface area contributed by atoms with Crippen LogP contribution in [-0.2, 0) is 14.8 Å². The van der Waals surface area contributed by atoms with Crippen molar-refractivity contribution in [2.45, 2.75) is 24.7 Å². The van der Waals surface area contributed by atoms with Gasteiger partial charge in [-0.05, 0) is 38.0 Å². The molecule has 30 heavy (non-hydrogen) atoms. The Hall–Kier alpha value is -2.98. The zero-order valence-corrected chi connectivity index (χ0v) is 17.5. The maximum atomic E-state index is 12.9. The first-order valence-electron chi connectivity index (χ1n) is 9.42. The number of non-ortho nitro benzene ring substituents is 1. The van der Waals surface area contributed by atoms with Crippen LogP contribution in [0.3, 0.4) is 0 Å². The predicted octanol–water partition coefficient (Wildman–Crippen LogP) is 2.95. The van der Waals surface area contributed by atoms with E-state index in [2.05, 4.69) is 5.32 Å². The summed E-state index contributed by atoms with van der Waals surface area (Å²) in [5.41, 5.74) is 0.948. The number of methoxy groups -OCH3 is 1. The van der Waals surface area contributed by atoms with Crippen molar-refractivity contribution in [3.05, 3.63) is 58.1 Å². The molecule has 2 aromatic rings. The molecule has 1 saturated heterocycles. The van der Waals surface area contributed by atoms with Gasteiger partial charge < -0.3 is 10.1 Å². The summed E-state index contributed by atoms with van der Waals surface area (Å²) in [6, 6.07) is 10.5. The number of benzene rings is 2. The summed E-state index contributed by atoms with van der Waals surface area (Å²) in [6.45, 7) is 2.25. The molecule has 1 aliphatic heterocycles. The molecule has 0 unspecified atom stereocenters. The number of ether oxygens (including phenoxy) is 1. The third-order valence-corrected chi connectivity index (χ3v) is 6.94. The molecule has 1 atom stereocenters. The smallest absolute Gasteiger partial charge is 0.271 e. The zero-order chi connectivity index (χ0) is 21.9. The molecule has 1 aliphatic rings. The lowest BCUT2D eigenvalue weighted by Crippen LogP contribution is -2.43. The second-order valence-electron chi connectivity index (χ2n) is 7.15. The molecular formula is C20H23N3O6S. The van der Waals surface area contributed by atoms with E-state index in [-0.39, 0.29) is 28.6 Å². The van der Waals surface area contributed by atoms with E-state index in [4.69, 9.17) is 4.74 Å². The zero-order valence-electron chi connectivity index (χ0n) is 16.7. The summed E-state index contributed by atoms with van der Waals surface area (Å²) in [6.07, 6.45) is 1.05. The molecule has 3 rings (SSSR count). The largest absolute Gasteiger partial charge is 0.495 e. The molecule has 1 amide bonds. The fourth-order valence-electron chi connectivity index (χ4n) is 3.38. The van der Waals surface area contributed by atoms with E-state index in [1.165, 1.54) is 29.6 Å². The first-order chi connectivity index (χ1) is 14.2. The van der Waals surface area contributed by atoms with Gasteiger partial charge in [-0.2, -0.15) is 4.31 Å². The molecule has 10 heteroatoms. The molecule has 2 aromatic carbocycles. The number of aryl methyl sites for hydroxylation is 1. The van der Waals surface area contributed by atoms with Gasteiger partial charge in [-0.15, -0.1) is 0 Å². The van der Waals surface area contributed by atoms with Crippen molar-refractivity contribution >= 4 is 27.3 Å². The van der Waals surface area contributed by atoms with Crippen LogP contribution in [0.1, 0.15) is 18.4 Å². The van der Waals surface area contributed by atoms with E-state index < -0.39 is 26.8 Å². The summed E-state index contributed by atoms with van der Waals surface area (Å²) < 4.78 is 32.4. The van der Waals surface area contributed by atoms with Gasteiger partial charge in [0.2, 0.25) is 15.9 Å². The molecule has 1 N–H and O–H groups in total. The number of hydrogen-bond donors (Lipinski definition) is 1. The summed E-state index contributed by atoms with van der Waals surface area (Å²) in [5, 5.41) is 13.7. The molecule has 0 bridgehead atoms. The molecule has 1 fully saturated rings. The van der Waals surface area contributed by atoms with E-state index in [1.54, 1.807) is 24.3 Å². The van der Waals surface area contributed by atoms with Gasteiger partial charge in [0.15, 0.2) is 0 Å². The minimum atomic E-state index is -3.71. The second-order valence-corrected chi connectivity index (χ2v) is 9.08. The summed E-state index contributed by atoms with van der Waals surface area (Å²) in [7, 11) is -2.31.